The number of rotatable bonds is 4. The average molecular weight is 336 g/mol. The van der Waals surface area contributed by atoms with Crippen LogP contribution in [0.25, 0.3) is 0 Å². The molecule has 0 atom stereocenters. The summed E-state index contributed by atoms with van der Waals surface area (Å²) < 4.78 is 18.6. The second kappa shape index (κ2) is 9.10. The molecule has 0 aliphatic carbocycles. The Kier molecular flexibility index (Phi) is 6.84. The zero-order valence-electron chi connectivity index (χ0n) is 14.2. The minimum atomic E-state index is -0.252. The van der Waals surface area contributed by atoms with Gasteiger partial charge in [0.15, 0.2) is 5.96 Å². The summed E-state index contributed by atoms with van der Waals surface area (Å²) in [6, 6.07) is 6.89. The summed E-state index contributed by atoms with van der Waals surface area (Å²) in [6.45, 7) is 3.87. The molecule has 0 unspecified atom stereocenters. The number of nitrogens with one attached hydrogen (secondary N) is 2. The zero-order valence-corrected chi connectivity index (χ0v) is 14.2. The molecule has 1 aromatic carbocycles. The van der Waals surface area contributed by atoms with Gasteiger partial charge in [-0.2, -0.15) is 0 Å². The first-order valence-corrected chi connectivity index (χ1v) is 8.26. The maximum absolute atomic E-state index is 13.6. The van der Waals surface area contributed by atoms with Crippen LogP contribution < -0.4 is 10.6 Å². The first-order chi connectivity index (χ1) is 11.6. The number of amides is 1. The monoisotopic (exact) mass is 336 g/mol. The van der Waals surface area contributed by atoms with Crippen molar-refractivity contribution in [3.8, 4) is 0 Å². The van der Waals surface area contributed by atoms with Gasteiger partial charge >= 0.3 is 6.09 Å². The van der Waals surface area contributed by atoms with E-state index in [9.17, 15) is 9.18 Å². The van der Waals surface area contributed by atoms with Crippen LogP contribution in [0.2, 0.25) is 0 Å². The molecule has 132 valence electrons. The van der Waals surface area contributed by atoms with Crippen molar-refractivity contribution in [1.29, 1.82) is 0 Å². The van der Waals surface area contributed by atoms with Crippen LogP contribution in [0.15, 0.2) is 29.3 Å². The van der Waals surface area contributed by atoms with Gasteiger partial charge in [0, 0.05) is 38.3 Å². The van der Waals surface area contributed by atoms with E-state index in [-0.39, 0.29) is 18.0 Å². The first-order valence-electron chi connectivity index (χ1n) is 8.26. The van der Waals surface area contributed by atoms with Gasteiger partial charge in [-0.25, -0.2) is 9.18 Å². The predicted molar refractivity (Wildman–Crippen MR) is 91.4 cm³/mol. The summed E-state index contributed by atoms with van der Waals surface area (Å²) in [5, 5.41) is 6.45. The quantitative estimate of drug-likeness (QED) is 0.653. The fourth-order valence-electron chi connectivity index (χ4n) is 2.63. The third-order valence-electron chi connectivity index (χ3n) is 3.99. The topological polar surface area (TPSA) is 66.0 Å². The molecule has 6 nitrogen and oxygen atoms in total. The maximum atomic E-state index is 13.6. The Hall–Kier alpha value is -2.31. The first kappa shape index (κ1) is 18.0. The summed E-state index contributed by atoms with van der Waals surface area (Å²) >= 11 is 0. The number of benzene rings is 1. The van der Waals surface area contributed by atoms with Crippen LogP contribution in [0, 0.1) is 5.82 Å². The number of halogens is 1. The number of carbonyl (C=O) groups excluding carboxylic acids is 1. The molecule has 0 spiro atoms. The Labute approximate surface area is 142 Å². The molecule has 2 rings (SSSR count). The third-order valence-corrected chi connectivity index (χ3v) is 3.99. The van der Waals surface area contributed by atoms with Crippen molar-refractivity contribution in [1.82, 2.24) is 15.5 Å². The van der Waals surface area contributed by atoms with E-state index < -0.39 is 0 Å². The molecule has 1 fully saturated rings. The molecular weight excluding hydrogens is 311 g/mol. The number of likely N-dealkylation sites (tertiary alicyclic amines) is 1. The van der Waals surface area contributed by atoms with Crippen molar-refractivity contribution < 1.29 is 13.9 Å². The van der Waals surface area contributed by atoms with E-state index in [1.54, 1.807) is 37.1 Å². The summed E-state index contributed by atoms with van der Waals surface area (Å²) in [5.41, 5.74) is 0.595. The van der Waals surface area contributed by atoms with E-state index >= 15 is 0 Å². The van der Waals surface area contributed by atoms with Gasteiger partial charge in [0.25, 0.3) is 0 Å². The highest BCUT2D eigenvalue weighted by atomic mass is 19.1. The van der Waals surface area contributed by atoms with Crippen LogP contribution in [-0.2, 0) is 11.3 Å². The fourth-order valence-corrected chi connectivity index (χ4v) is 2.63. The smallest absolute Gasteiger partial charge is 0.409 e. The molecule has 2 N–H and O–H groups in total. The highest BCUT2D eigenvalue weighted by Crippen LogP contribution is 2.11. The lowest BCUT2D eigenvalue weighted by Gasteiger charge is -2.32. The molecule has 0 radical (unpaired) electrons. The Bertz CT molecular complexity index is 571. The molecule has 24 heavy (non-hydrogen) atoms. The van der Waals surface area contributed by atoms with Gasteiger partial charge in [-0.3, -0.25) is 4.99 Å². The van der Waals surface area contributed by atoms with E-state index in [0.29, 0.717) is 37.8 Å². The SMILES string of the molecule is CCOC(=O)N1CCC(NC(=NC)NCc2ccccc2F)CC1. The fraction of sp³-hybridized carbons (Fsp3) is 0.529. The summed E-state index contributed by atoms with van der Waals surface area (Å²) in [7, 11) is 1.68. The summed E-state index contributed by atoms with van der Waals surface area (Å²) in [6.07, 6.45) is 1.39. The number of aliphatic imine (C=N–C) groups is 1. The van der Waals surface area contributed by atoms with Crippen LogP contribution in [0.4, 0.5) is 9.18 Å². The number of carbonyl (C=O) groups is 1. The van der Waals surface area contributed by atoms with Crippen molar-refractivity contribution in [2.24, 2.45) is 4.99 Å². The van der Waals surface area contributed by atoms with E-state index in [1.165, 1.54) is 6.07 Å². The number of nitrogens with zero attached hydrogens (tertiary/aromatic N) is 2. The number of piperidine rings is 1. The second-order valence-corrected chi connectivity index (χ2v) is 5.62. The third kappa shape index (κ3) is 5.11. The maximum Gasteiger partial charge on any atom is 0.409 e. The lowest BCUT2D eigenvalue weighted by atomic mass is 10.1. The van der Waals surface area contributed by atoms with E-state index in [1.807, 2.05) is 0 Å². The van der Waals surface area contributed by atoms with Crippen molar-refractivity contribution in [3.05, 3.63) is 35.6 Å². The van der Waals surface area contributed by atoms with Crippen LogP contribution in [0.5, 0.6) is 0 Å². The van der Waals surface area contributed by atoms with Gasteiger partial charge in [0.05, 0.1) is 6.61 Å². The second-order valence-electron chi connectivity index (χ2n) is 5.62. The molecule has 1 aliphatic rings. The predicted octanol–water partition coefficient (Wildman–Crippen LogP) is 2.11. The number of hydrogen-bond acceptors (Lipinski definition) is 3. The van der Waals surface area contributed by atoms with E-state index in [2.05, 4.69) is 15.6 Å². The molecule has 1 saturated heterocycles. The van der Waals surface area contributed by atoms with Crippen molar-refractivity contribution in [2.45, 2.75) is 32.4 Å². The molecule has 1 aromatic rings. The Morgan fingerprint density at radius 2 is 2.08 bits per heavy atom. The lowest BCUT2D eigenvalue weighted by molar-refractivity contribution is 0.0963. The van der Waals surface area contributed by atoms with Gasteiger partial charge in [-0.15, -0.1) is 0 Å². The minimum absolute atomic E-state index is 0.225. The van der Waals surface area contributed by atoms with Gasteiger partial charge in [-0.1, -0.05) is 18.2 Å². The molecule has 1 heterocycles. The van der Waals surface area contributed by atoms with Gasteiger partial charge in [0.2, 0.25) is 0 Å². The van der Waals surface area contributed by atoms with Crippen LogP contribution in [0.3, 0.4) is 0 Å². The molecule has 1 aliphatic heterocycles. The Balaban J connectivity index is 1.78. The Morgan fingerprint density at radius 3 is 2.71 bits per heavy atom. The minimum Gasteiger partial charge on any atom is -0.450 e. The van der Waals surface area contributed by atoms with Crippen molar-refractivity contribution in [2.75, 3.05) is 26.7 Å². The molecule has 1 amide bonds. The van der Waals surface area contributed by atoms with Gasteiger partial charge in [-0.05, 0) is 25.8 Å². The molecule has 0 saturated carbocycles. The van der Waals surface area contributed by atoms with Gasteiger partial charge < -0.3 is 20.3 Å². The largest absolute Gasteiger partial charge is 0.450 e. The highest BCUT2D eigenvalue weighted by molar-refractivity contribution is 5.80. The summed E-state index contributed by atoms with van der Waals surface area (Å²) in [4.78, 5) is 17.6. The van der Waals surface area contributed by atoms with Crippen LogP contribution in [0.1, 0.15) is 25.3 Å². The van der Waals surface area contributed by atoms with E-state index in [0.717, 1.165) is 12.8 Å². The number of hydrogen-bond donors (Lipinski definition) is 2. The summed E-state index contributed by atoms with van der Waals surface area (Å²) in [5.74, 6) is 0.399. The normalized spacial score (nSPS) is 16.0. The van der Waals surface area contributed by atoms with E-state index in [4.69, 9.17) is 4.74 Å². The highest BCUT2D eigenvalue weighted by Gasteiger charge is 2.24. The molecule has 0 aromatic heterocycles. The van der Waals surface area contributed by atoms with Gasteiger partial charge in [0.1, 0.15) is 5.82 Å². The van der Waals surface area contributed by atoms with Crippen LogP contribution in [-0.4, -0.2) is 49.7 Å². The standard InChI is InChI=1S/C17H25FN4O2/c1-3-24-17(23)22-10-8-14(9-11-22)21-16(19-2)20-12-13-6-4-5-7-15(13)18/h4-7,14H,3,8-12H2,1-2H3,(H2,19,20,21). The Morgan fingerprint density at radius 1 is 1.38 bits per heavy atom. The van der Waals surface area contributed by atoms with Crippen molar-refractivity contribution in [3.63, 3.8) is 0 Å². The molecule has 7 heteroatoms. The number of guanidine groups is 1. The lowest BCUT2D eigenvalue weighted by Crippen LogP contribution is -2.49. The zero-order chi connectivity index (χ0) is 17.4. The van der Waals surface area contributed by atoms with Crippen molar-refractivity contribution >= 4 is 12.1 Å². The number of ether oxygens (including phenoxy) is 1. The molecule has 0 bridgehead atoms. The molecular formula is C17H25FN4O2. The average Bonchev–Trinajstić information content (AvgIpc) is 2.60. The van der Waals surface area contributed by atoms with Crippen LogP contribution >= 0.6 is 0 Å².